The maximum absolute atomic E-state index is 10.2. The van der Waals surface area contributed by atoms with Crippen LogP contribution in [0.4, 0.5) is 0 Å². The van der Waals surface area contributed by atoms with Crippen LogP contribution < -0.4 is 0 Å². The third-order valence-corrected chi connectivity index (χ3v) is 2.22. The third-order valence-electron chi connectivity index (χ3n) is 1.13. The van der Waals surface area contributed by atoms with Gasteiger partial charge in [0.25, 0.3) is 5.89 Å². The monoisotopic (exact) mass is 186 g/mol. The smallest absolute Gasteiger partial charge is 0.290 e. The molecule has 1 aromatic rings. The number of rotatable bonds is 4. The molecule has 0 aliphatic heterocycles. The van der Waals surface area contributed by atoms with Crippen molar-refractivity contribution in [1.82, 2.24) is 10.1 Å². The zero-order valence-electron chi connectivity index (χ0n) is 6.98. The van der Waals surface area contributed by atoms with Gasteiger partial charge in [-0.3, -0.25) is 4.79 Å². The molecule has 0 atom stereocenters. The molecule has 0 unspecified atom stereocenters. The van der Waals surface area contributed by atoms with Crippen LogP contribution in [-0.2, 0) is 5.75 Å². The fourth-order valence-electron chi connectivity index (χ4n) is 0.615. The zero-order valence-corrected chi connectivity index (χ0v) is 7.80. The van der Waals surface area contributed by atoms with Crippen molar-refractivity contribution in [2.75, 3.05) is 0 Å². The number of carbonyl (C=O) groups is 1. The fourth-order valence-corrected chi connectivity index (χ4v) is 1.21. The first-order valence-electron chi connectivity index (χ1n) is 3.61. The summed E-state index contributed by atoms with van der Waals surface area (Å²) >= 11 is 1.71. The van der Waals surface area contributed by atoms with Gasteiger partial charge in [-0.05, 0) is 5.25 Å². The Labute approximate surface area is 74.7 Å². The van der Waals surface area contributed by atoms with Gasteiger partial charge in [0, 0.05) is 0 Å². The van der Waals surface area contributed by atoms with Gasteiger partial charge in [0.2, 0.25) is 6.29 Å². The molecule has 5 heteroatoms. The summed E-state index contributed by atoms with van der Waals surface area (Å²) in [6, 6.07) is 0. The van der Waals surface area contributed by atoms with E-state index in [2.05, 4.69) is 28.5 Å². The summed E-state index contributed by atoms with van der Waals surface area (Å²) in [7, 11) is 0. The molecule has 0 fully saturated rings. The van der Waals surface area contributed by atoms with Crippen LogP contribution in [0.2, 0.25) is 0 Å². The first kappa shape index (κ1) is 9.25. The summed E-state index contributed by atoms with van der Waals surface area (Å²) in [6.45, 7) is 4.18. The fraction of sp³-hybridized carbons (Fsp3) is 0.571. The van der Waals surface area contributed by atoms with Crippen LogP contribution in [0.3, 0.4) is 0 Å². The van der Waals surface area contributed by atoms with E-state index in [0.717, 1.165) is 0 Å². The van der Waals surface area contributed by atoms with Gasteiger partial charge in [-0.2, -0.15) is 16.7 Å². The average molecular weight is 186 g/mol. The molecule has 1 rings (SSSR count). The van der Waals surface area contributed by atoms with Crippen LogP contribution in [0.1, 0.15) is 30.4 Å². The van der Waals surface area contributed by atoms with Gasteiger partial charge in [0.05, 0.1) is 5.75 Å². The summed E-state index contributed by atoms with van der Waals surface area (Å²) < 4.78 is 4.60. The minimum Gasteiger partial charge on any atom is -0.331 e. The second-order valence-corrected chi connectivity index (χ2v) is 4.09. The van der Waals surface area contributed by atoms with Crippen molar-refractivity contribution in [1.29, 1.82) is 0 Å². The number of aromatic nitrogens is 2. The Balaban J connectivity index is 2.47. The van der Waals surface area contributed by atoms with Crippen LogP contribution in [0.5, 0.6) is 0 Å². The number of hydrogen-bond donors (Lipinski definition) is 0. The lowest BCUT2D eigenvalue weighted by Crippen LogP contribution is -1.90. The maximum Gasteiger partial charge on any atom is 0.290 e. The highest BCUT2D eigenvalue weighted by Gasteiger charge is 2.05. The van der Waals surface area contributed by atoms with Gasteiger partial charge < -0.3 is 4.52 Å². The summed E-state index contributed by atoms with van der Waals surface area (Å²) in [5.74, 6) is 1.32. The maximum atomic E-state index is 10.2. The second-order valence-electron chi connectivity index (χ2n) is 2.53. The first-order chi connectivity index (χ1) is 5.72. The predicted molar refractivity (Wildman–Crippen MR) is 46.1 cm³/mol. The molecule has 4 nitrogen and oxygen atoms in total. The Kier molecular flexibility index (Phi) is 3.28. The minimum absolute atomic E-state index is 0.0503. The quantitative estimate of drug-likeness (QED) is 0.667. The Morgan fingerprint density at radius 1 is 1.67 bits per heavy atom. The summed E-state index contributed by atoms with van der Waals surface area (Å²) in [5.41, 5.74) is 0. The van der Waals surface area contributed by atoms with E-state index in [0.29, 0.717) is 23.1 Å². The molecule has 66 valence electrons. The molecule has 0 N–H and O–H groups in total. The zero-order chi connectivity index (χ0) is 8.97. The molecule has 0 aromatic carbocycles. The molecule has 1 aromatic heterocycles. The number of nitrogens with zero attached hydrogens (tertiary/aromatic N) is 2. The van der Waals surface area contributed by atoms with E-state index in [-0.39, 0.29) is 5.89 Å². The van der Waals surface area contributed by atoms with Crippen molar-refractivity contribution >= 4 is 18.0 Å². The largest absolute Gasteiger partial charge is 0.331 e. The number of hydrogen-bond acceptors (Lipinski definition) is 5. The molecule has 0 saturated heterocycles. The van der Waals surface area contributed by atoms with Crippen molar-refractivity contribution in [2.24, 2.45) is 0 Å². The Morgan fingerprint density at radius 2 is 2.42 bits per heavy atom. The van der Waals surface area contributed by atoms with Crippen LogP contribution in [-0.4, -0.2) is 21.7 Å². The van der Waals surface area contributed by atoms with Crippen LogP contribution >= 0.6 is 11.8 Å². The van der Waals surface area contributed by atoms with Crippen molar-refractivity contribution in [3.8, 4) is 0 Å². The molecule has 1 heterocycles. The average Bonchev–Trinajstić information content (AvgIpc) is 2.48. The standard InChI is InChI=1S/C7H10N2O2S/c1-5(2)12-4-6-8-7(3-10)11-9-6/h3,5H,4H2,1-2H3. The Hall–Kier alpha value is -0.840. The molecule has 0 bridgehead atoms. The van der Waals surface area contributed by atoms with E-state index in [1.54, 1.807) is 11.8 Å². The predicted octanol–water partition coefficient (Wildman–Crippen LogP) is 1.52. The van der Waals surface area contributed by atoms with Crippen LogP contribution in [0.25, 0.3) is 0 Å². The molecule has 0 spiro atoms. The van der Waals surface area contributed by atoms with Gasteiger partial charge >= 0.3 is 0 Å². The van der Waals surface area contributed by atoms with E-state index in [1.807, 2.05) is 0 Å². The highest BCUT2D eigenvalue weighted by molar-refractivity contribution is 7.99. The highest BCUT2D eigenvalue weighted by atomic mass is 32.2. The third kappa shape index (κ3) is 2.65. The SMILES string of the molecule is CC(C)SCc1noc(C=O)n1. The van der Waals surface area contributed by atoms with Gasteiger partial charge in [0.15, 0.2) is 5.82 Å². The Morgan fingerprint density at radius 3 is 2.92 bits per heavy atom. The van der Waals surface area contributed by atoms with Crippen molar-refractivity contribution in [3.63, 3.8) is 0 Å². The van der Waals surface area contributed by atoms with Gasteiger partial charge in [-0.25, -0.2) is 0 Å². The second kappa shape index (κ2) is 4.25. The molecular formula is C7H10N2O2S. The molecule has 0 saturated carbocycles. The van der Waals surface area contributed by atoms with Crippen molar-refractivity contribution < 1.29 is 9.32 Å². The summed E-state index contributed by atoms with van der Waals surface area (Å²) in [6.07, 6.45) is 0.552. The van der Waals surface area contributed by atoms with E-state index in [4.69, 9.17) is 0 Å². The van der Waals surface area contributed by atoms with E-state index >= 15 is 0 Å². The lowest BCUT2D eigenvalue weighted by molar-refractivity contribution is 0.108. The Bertz CT molecular complexity index is 260. The van der Waals surface area contributed by atoms with Crippen molar-refractivity contribution in [2.45, 2.75) is 24.9 Å². The number of thioether (sulfide) groups is 1. The van der Waals surface area contributed by atoms with E-state index in [9.17, 15) is 4.79 Å². The molecule has 0 aliphatic carbocycles. The molecular weight excluding hydrogens is 176 g/mol. The number of aldehydes is 1. The minimum atomic E-state index is 0.0503. The van der Waals surface area contributed by atoms with Gasteiger partial charge in [-0.15, -0.1) is 0 Å². The van der Waals surface area contributed by atoms with Crippen LogP contribution in [0.15, 0.2) is 4.52 Å². The lowest BCUT2D eigenvalue weighted by Gasteiger charge is -1.98. The van der Waals surface area contributed by atoms with Gasteiger partial charge in [-0.1, -0.05) is 19.0 Å². The first-order valence-corrected chi connectivity index (χ1v) is 4.66. The lowest BCUT2D eigenvalue weighted by atomic mass is 10.6. The molecule has 12 heavy (non-hydrogen) atoms. The summed E-state index contributed by atoms with van der Waals surface area (Å²) in [4.78, 5) is 14.0. The van der Waals surface area contributed by atoms with Gasteiger partial charge in [0.1, 0.15) is 0 Å². The van der Waals surface area contributed by atoms with E-state index in [1.165, 1.54) is 0 Å². The molecule has 0 radical (unpaired) electrons. The van der Waals surface area contributed by atoms with Crippen molar-refractivity contribution in [3.05, 3.63) is 11.7 Å². The van der Waals surface area contributed by atoms with E-state index < -0.39 is 0 Å². The number of carbonyl (C=O) groups excluding carboxylic acids is 1. The topological polar surface area (TPSA) is 56.0 Å². The summed E-state index contributed by atoms with van der Waals surface area (Å²) in [5, 5.41) is 4.15. The highest BCUT2D eigenvalue weighted by Crippen LogP contribution is 2.14. The molecule has 0 aliphatic rings. The normalized spacial score (nSPS) is 10.6. The van der Waals surface area contributed by atoms with Crippen LogP contribution in [0, 0.1) is 0 Å². The molecule has 0 amide bonds.